The number of anilines is 1. The molecule has 0 bridgehead atoms. The molecule has 36 heavy (non-hydrogen) atoms. The molecule has 0 saturated heterocycles. The summed E-state index contributed by atoms with van der Waals surface area (Å²) < 4.78 is 10.8. The Morgan fingerprint density at radius 2 is 1.64 bits per heavy atom. The van der Waals surface area contributed by atoms with Crippen LogP contribution in [0, 0.1) is 0 Å². The normalized spacial score (nSPS) is 11.3. The number of alkyl carbamates (subject to hydrolysis) is 1. The van der Waals surface area contributed by atoms with Gasteiger partial charge in [-0.1, -0.05) is 76.6 Å². The minimum Gasteiger partial charge on any atom is -0.468 e. The number of ether oxygens (including phenoxy) is 2. The van der Waals surface area contributed by atoms with Gasteiger partial charge in [0.05, 0.1) is 19.7 Å². The summed E-state index contributed by atoms with van der Waals surface area (Å²) in [4.78, 5) is 36.4. The Kier molecular flexibility index (Phi) is 10.5. The van der Waals surface area contributed by atoms with Gasteiger partial charge in [0.1, 0.15) is 6.61 Å². The molecule has 9 heteroatoms. The molecule has 0 unspecified atom stereocenters. The SMILES string of the molecule is COC(=O)CN[C@H](c1ccccc1)c1cc(Br)ccc1NC(=O)CCNC(=O)OCc1ccccc1. The van der Waals surface area contributed by atoms with Gasteiger partial charge in [0, 0.05) is 23.1 Å². The van der Waals surface area contributed by atoms with Crippen molar-refractivity contribution in [1.82, 2.24) is 10.6 Å². The maximum Gasteiger partial charge on any atom is 0.407 e. The molecule has 3 N–H and O–H groups in total. The van der Waals surface area contributed by atoms with Gasteiger partial charge in [0.25, 0.3) is 0 Å². The Balaban J connectivity index is 1.62. The van der Waals surface area contributed by atoms with Crippen LogP contribution >= 0.6 is 15.9 Å². The molecular weight excluding hydrogens is 526 g/mol. The van der Waals surface area contributed by atoms with Crippen molar-refractivity contribution in [2.24, 2.45) is 0 Å². The molecule has 3 aromatic rings. The lowest BCUT2D eigenvalue weighted by molar-refractivity contribution is -0.139. The molecule has 188 valence electrons. The average molecular weight is 554 g/mol. The number of carbonyl (C=O) groups excluding carboxylic acids is 3. The van der Waals surface area contributed by atoms with Crippen LogP contribution in [0.15, 0.2) is 83.3 Å². The minimum absolute atomic E-state index is 0.00895. The molecule has 2 amide bonds. The maximum atomic E-state index is 12.7. The molecule has 0 aliphatic carbocycles. The third-order valence-electron chi connectivity index (χ3n) is 5.24. The van der Waals surface area contributed by atoms with Gasteiger partial charge in [0.2, 0.25) is 5.91 Å². The predicted molar refractivity (Wildman–Crippen MR) is 140 cm³/mol. The van der Waals surface area contributed by atoms with Crippen LogP contribution in [0.2, 0.25) is 0 Å². The zero-order valence-electron chi connectivity index (χ0n) is 19.8. The third kappa shape index (κ3) is 8.51. The molecule has 0 spiro atoms. The maximum absolute atomic E-state index is 12.7. The van der Waals surface area contributed by atoms with Crippen molar-refractivity contribution in [3.05, 3.63) is 100 Å². The Morgan fingerprint density at radius 3 is 2.33 bits per heavy atom. The van der Waals surface area contributed by atoms with Crippen molar-refractivity contribution in [3.63, 3.8) is 0 Å². The Labute approximate surface area is 218 Å². The number of methoxy groups -OCH3 is 1. The second kappa shape index (κ2) is 14.0. The van der Waals surface area contributed by atoms with Gasteiger partial charge < -0.3 is 20.1 Å². The number of rotatable bonds is 11. The highest BCUT2D eigenvalue weighted by atomic mass is 79.9. The van der Waals surface area contributed by atoms with E-state index in [2.05, 4.69) is 31.9 Å². The quantitative estimate of drug-likeness (QED) is 0.301. The Morgan fingerprint density at radius 1 is 0.944 bits per heavy atom. The second-order valence-corrected chi connectivity index (χ2v) is 8.73. The molecule has 3 rings (SSSR count). The second-order valence-electron chi connectivity index (χ2n) is 7.82. The first-order chi connectivity index (χ1) is 17.5. The summed E-state index contributed by atoms with van der Waals surface area (Å²) >= 11 is 3.49. The lowest BCUT2D eigenvalue weighted by Gasteiger charge is -2.23. The first-order valence-corrected chi connectivity index (χ1v) is 12.1. The number of amides is 2. The highest BCUT2D eigenvalue weighted by Crippen LogP contribution is 2.31. The molecule has 0 heterocycles. The van der Waals surface area contributed by atoms with E-state index in [1.54, 1.807) is 6.07 Å². The van der Waals surface area contributed by atoms with Gasteiger partial charge in [-0.05, 0) is 34.9 Å². The number of hydrogen-bond donors (Lipinski definition) is 3. The number of nitrogens with one attached hydrogen (secondary N) is 3. The van der Waals surface area contributed by atoms with Crippen molar-refractivity contribution in [2.75, 3.05) is 25.5 Å². The smallest absolute Gasteiger partial charge is 0.407 e. The van der Waals surface area contributed by atoms with Crippen molar-refractivity contribution >= 4 is 39.6 Å². The van der Waals surface area contributed by atoms with E-state index in [9.17, 15) is 14.4 Å². The number of hydrogen-bond acceptors (Lipinski definition) is 6. The van der Waals surface area contributed by atoms with E-state index in [4.69, 9.17) is 9.47 Å². The molecule has 0 aliphatic rings. The van der Waals surface area contributed by atoms with Gasteiger partial charge in [-0.15, -0.1) is 0 Å². The summed E-state index contributed by atoms with van der Waals surface area (Å²) in [7, 11) is 1.33. The molecule has 0 aromatic heterocycles. The largest absolute Gasteiger partial charge is 0.468 e. The Bertz CT molecular complexity index is 1160. The zero-order valence-corrected chi connectivity index (χ0v) is 21.4. The fourth-order valence-corrected chi connectivity index (χ4v) is 3.84. The van der Waals surface area contributed by atoms with Crippen molar-refractivity contribution in [3.8, 4) is 0 Å². The van der Waals surface area contributed by atoms with Crippen LogP contribution in [0.25, 0.3) is 0 Å². The van der Waals surface area contributed by atoms with Gasteiger partial charge in [-0.2, -0.15) is 0 Å². The lowest BCUT2D eigenvalue weighted by Crippen LogP contribution is -2.30. The van der Waals surface area contributed by atoms with E-state index in [1.807, 2.05) is 72.8 Å². The Hall–Kier alpha value is -3.69. The molecule has 0 aliphatic heterocycles. The number of esters is 1. The highest BCUT2D eigenvalue weighted by Gasteiger charge is 2.20. The fraction of sp³-hybridized carbons (Fsp3) is 0.222. The summed E-state index contributed by atoms with van der Waals surface area (Å²) in [6, 6.07) is 24.0. The van der Waals surface area contributed by atoms with Gasteiger partial charge >= 0.3 is 12.1 Å². The lowest BCUT2D eigenvalue weighted by atomic mass is 9.97. The van der Waals surface area contributed by atoms with Crippen molar-refractivity contribution < 1.29 is 23.9 Å². The summed E-state index contributed by atoms with van der Waals surface area (Å²) in [5, 5.41) is 8.71. The summed E-state index contributed by atoms with van der Waals surface area (Å²) in [5.41, 5.74) is 3.14. The molecule has 0 fully saturated rings. The van der Waals surface area contributed by atoms with E-state index in [1.165, 1.54) is 7.11 Å². The van der Waals surface area contributed by atoms with Crippen LogP contribution < -0.4 is 16.0 Å². The fourth-order valence-electron chi connectivity index (χ4n) is 3.46. The summed E-state index contributed by atoms with van der Waals surface area (Å²) in [6.07, 6.45) is -0.534. The molecule has 0 saturated carbocycles. The van der Waals surface area contributed by atoms with Crippen LogP contribution in [-0.4, -0.2) is 38.2 Å². The predicted octanol–water partition coefficient (Wildman–Crippen LogP) is 4.56. The van der Waals surface area contributed by atoms with Gasteiger partial charge in [0.15, 0.2) is 0 Å². The van der Waals surface area contributed by atoms with Crippen LogP contribution in [0.4, 0.5) is 10.5 Å². The van der Waals surface area contributed by atoms with Crippen LogP contribution in [0.5, 0.6) is 0 Å². The number of halogens is 1. The van der Waals surface area contributed by atoms with Gasteiger partial charge in [-0.25, -0.2) is 4.79 Å². The molecular formula is C27H28BrN3O5. The highest BCUT2D eigenvalue weighted by molar-refractivity contribution is 9.10. The van der Waals surface area contributed by atoms with Crippen molar-refractivity contribution in [1.29, 1.82) is 0 Å². The van der Waals surface area contributed by atoms with E-state index >= 15 is 0 Å². The molecule has 8 nitrogen and oxygen atoms in total. The van der Waals surface area contributed by atoms with Crippen LogP contribution in [0.3, 0.4) is 0 Å². The van der Waals surface area contributed by atoms with E-state index < -0.39 is 12.1 Å². The monoisotopic (exact) mass is 553 g/mol. The van der Waals surface area contributed by atoms with E-state index in [0.717, 1.165) is 21.2 Å². The minimum atomic E-state index is -0.591. The third-order valence-corrected chi connectivity index (χ3v) is 5.74. The standard InChI is InChI=1S/C27H28BrN3O5/c1-35-25(33)17-30-26(20-10-6-3-7-11-20)22-16-21(28)12-13-23(22)31-24(32)14-15-29-27(34)36-18-19-8-4-2-5-9-19/h2-13,16,26,30H,14-15,17-18H2,1H3,(H,29,34)(H,31,32)/t26-/m1/s1. The number of carbonyl (C=O) groups is 3. The zero-order chi connectivity index (χ0) is 25.8. The molecule has 0 radical (unpaired) electrons. The van der Waals surface area contributed by atoms with E-state index in [0.29, 0.717) is 5.69 Å². The van der Waals surface area contributed by atoms with Gasteiger partial charge in [-0.3, -0.25) is 14.9 Å². The first-order valence-electron chi connectivity index (χ1n) is 11.3. The summed E-state index contributed by atoms with van der Waals surface area (Å²) in [6.45, 7) is 0.263. The summed E-state index contributed by atoms with van der Waals surface area (Å²) in [5.74, 6) is -0.677. The van der Waals surface area contributed by atoms with E-state index in [-0.39, 0.29) is 38.1 Å². The van der Waals surface area contributed by atoms with Crippen LogP contribution in [0.1, 0.15) is 29.2 Å². The topological polar surface area (TPSA) is 106 Å². The molecule has 3 aromatic carbocycles. The number of benzene rings is 3. The van der Waals surface area contributed by atoms with Crippen molar-refractivity contribution in [2.45, 2.75) is 19.1 Å². The average Bonchev–Trinajstić information content (AvgIpc) is 2.90. The first kappa shape index (κ1) is 26.9. The molecule has 1 atom stereocenters. The van der Waals surface area contributed by atoms with Crippen LogP contribution in [-0.2, 0) is 25.7 Å².